The van der Waals surface area contributed by atoms with Crippen LogP contribution in [0.25, 0.3) is 0 Å². The fraction of sp³-hybridized carbons (Fsp3) is 1.00. The summed E-state index contributed by atoms with van der Waals surface area (Å²) in [7, 11) is -9.77. The van der Waals surface area contributed by atoms with Gasteiger partial charge in [-0.25, -0.2) is 0 Å². The van der Waals surface area contributed by atoms with Crippen LogP contribution in [-0.2, 0) is 9.13 Å². The van der Waals surface area contributed by atoms with Crippen LogP contribution in [-0.4, -0.2) is 65.9 Å². The van der Waals surface area contributed by atoms with E-state index >= 15 is 0 Å². The standard InChI is InChI=1S/C4H13NO7P2.Na.H/c5-3(6)1-2-4(13(7,8)9)14(10,11)12;;/h3-4,6H,1-2,5H2,(H2,7,8,9)(H2,10,11,12);;. The maximum atomic E-state index is 10.7. The van der Waals surface area contributed by atoms with Gasteiger partial charge in [0, 0.05) is 0 Å². The molecule has 0 fully saturated rings. The minimum atomic E-state index is -4.88. The summed E-state index contributed by atoms with van der Waals surface area (Å²) in [5.41, 5.74) is 4.88. The van der Waals surface area contributed by atoms with E-state index in [0.717, 1.165) is 0 Å². The van der Waals surface area contributed by atoms with Crippen LogP contribution in [0.2, 0.25) is 0 Å². The number of hydrogen-bond donors (Lipinski definition) is 6. The summed E-state index contributed by atoms with van der Waals surface area (Å²) in [6.07, 6.45) is -2.18. The van der Waals surface area contributed by atoms with E-state index in [4.69, 9.17) is 30.4 Å². The number of aliphatic hydroxyl groups is 1. The molecular weight excluding hydrogens is 259 g/mol. The van der Waals surface area contributed by atoms with Crippen molar-refractivity contribution >= 4 is 44.7 Å². The second-order valence-corrected chi connectivity index (χ2v) is 6.81. The van der Waals surface area contributed by atoms with Crippen LogP contribution < -0.4 is 5.73 Å². The predicted molar refractivity (Wildman–Crippen MR) is 54.5 cm³/mol. The molecule has 0 bridgehead atoms. The maximum absolute atomic E-state index is 10.7. The average Bonchev–Trinajstić information content (AvgIpc) is 1.78. The Balaban J connectivity index is 0. The van der Waals surface area contributed by atoms with Crippen LogP contribution in [0.5, 0.6) is 0 Å². The van der Waals surface area contributed by atoms with Gasteiger partial charge in [0.1, 0.15) is 6.23 Å². The number of aliphatic hydroxyl groups excluding tert-OH is 1. The Kier molecular flexibility index (Phi) is 8.47. The van der Waals surface area contributed by atoms with Crippen LogP contribution in [0.1, 0.15) is 12.8 Å². The van der Waals surface area contributed by atoms with Crippen molar-refractivity contribution in [2.24, 2.45) is 5.73 Å². The summed E-state index contributed by atoms with van der Waals surface area (Å²) in [4.78, 5) is 34.5. The first-order valence-corrected chi connectivity index (χ1v) is 6.95. The van der Waals surface area contributed by atoms with Gasteiger partial charge in [-0.2, -0.15) is 0 Å². The third kappa shape index (κ3) is 8.01. The molecule has 0 radical (unpaired) electrons. The van der Waals surface area contributed by atoms with Gasteiger partial charge in [-0.05, 0) is 12.8 Å². The van der Waals surface area contributed by atoms with E-state index < -0.39 is 33.2 Å². The third-order valence-electron chi connectivity index (χ3n) is 1.50. The summed E-state index contributed by atoms with van der Waals surface area (Å²) in [6.45, 7) is 0. The zero-order valence-electron chi connectivity index (χ0n) is 7.09. The summed E-state index contributed by atoms with van der Waals surface area (Å²) < 4.78 is 21.3. The molecule has 0 aliphatic carbocycles. The zero-order chi connectivity index (χ0) is 11.6. The van der Waals surface area contributed by atoms with Gasteiger partial charge in [0.15, 0.2) is 5.40 Å². The normalized spacial score (nSPS) is 14.9. The van der Waals surface area contributed by atoms with Crippen molar-refractivity contribution in [3.8, 4) is 0 Å². The van der Waals surface area contributed by atoms with E-state index in [0.29, 0.717) is 0 Å². The third-order valence-corrected chi connectivity index (χ3v) is 5.37. The number of hydrogen-bond acceptors (Lipinski definition) is 4. The molecule has 0 aromatic heterocycles. The molecule has 1 atom stereocenters. The zero-order valence-corrected chi connectivity index (χ0v) is 8.88. The van der Waals surface area contributed by atoms with Crippen molar-refractivity contribution in [3.63, 3.8) is 0 Å². The molecule has 8 nitrogen and oxygen atoms in total. The molecule has 0 aliphatic heterocycles. The van der Waals surface area contributed by atoms with Crippen molar-refractivity contribution in [1.29, 1.82) is 0 Å². The predicted octanol–water partition coefficient (Wildman–Crippen LogP) is -1.92. The fourth-order valence-electron chi connectivity index (χ4n) is 0.852. The Labute approximate surface area is 108 Å². The first kappa shape index (κ1) is 18.6. The van der Waals surface area contributed by atoms with Crippen molar-refractivity contribution in [1.82, 2.24) is 0 Å². The van der Waals surface area contributed by atoms with E-state index in [1.165, 1.54) is 0 Å². The molecule has 0 saturated heterocycles. The molecule has 0 rings (SSSR count). The molecule has 88 valence electrons. The van der Waals surface area contributed by atoms with Gasteiger partial charge in [-0.3, -0.25) is 9.13 Å². The molecule has 1 unspecified atom stereocenters. The summed E-state index contributed by atoms with van der Waals surface area (Å²) in [5.74, 6) is 0. The van der Waals surface area contributed by atoms with Crippen molar-refractivity contribution in [2.75, 3.05) is 0 Å². The van der Waals surface area contributed by atoms with Crippen LogP contribution in [0.15, 0.2) is 0 Å². The van der Waals surface area contributed by atoms with Crippen LogP contribution >= 0.6 is 15.2 Å². The molecule has 0 aliphatic rings. The first-order chi connectivity index (χ1) is 6.05. The first-order valence-electron chi connectivity index (χ1n) is 3.59. The molecule has 0 saturated carbocycles. The minimum absolute atomic E-state index is 0. The molecule has 0 spiro atoms. The van der Waals surface area contributed by atoms with Crippen LogP contribution in [0.3, 0.4) is 0 Å². The van der Waals surface area contributed by atoms with E-state index in [2.05, 4.69) is 0 Å². The van der Waals surface area contributed by atoms with Gasteiger partial charge in [0.2, 0.25) is 0 Å². The van der Waals surface area contributed by atoms with Crippen LogP contribution in [0.4, 0.5) is 0 Å². The summed E-state index contributed by atoms with van der Waals surface area (Å²) >= 11 is 0. The van der Waals surface area contributed by atoms with Crippen LogP contribution in [0, 0.1) is 0 Å². The van der Waals surface area contributed by atoms with Gasteiger partial charge < -0.3 is 30.4 Å². The summed E-state index contributed by atoms with van der Waals surface area (Å²) in [6, 6.07) is 0. The Morgan fingerprint density at radius 1 is 1.00 bits per heavy atom. The number of nitrogens with two attached hydrogens (primary N) is 1. The van der Waals surface area contributed by atoms with Gasteiger partial charge in [0.05, 0.1) is 0 Å². The van der Waals surface area contributed by atoms with Crippen molar-refractivity contribution in [3.05, 3.63) is 0 Å². The molecule has 0 amide bonds. The molecule has 0 aromatic rings. The number of rotatable bonds is 5. The van der Waals surface area contributed by atoms with Gasteiger partial charge in [-0.1, -0.05) is 0 Å². The SMILES string of the molecule is NC(O)CCC(P(=O)(O)O)P(=O)(O)O.[NaH]. The van der Waals surface area contributed by atoms with Gasteiger partial charge >= 0.3 is 44.7 Å². The fourth-order valence-corrected chi connectivity index (χ4v) is 3.39. The second-order valence-electron chi connectivity index (χ2n) is 2.80. The second kappa shape index (κ2) is 6.83. The van der Waals surface area contributed by atoms with Gasteiger partial charge in [0.25, 0.3) is 0 Å². The van der Waals surface area contributed by atoms with E-state index in [1.807, 2.05) is 0 Å². The topological polar surface area (TPSA) is 161 Å². The Bertz CT molecular complexity index is 250. The molecule has 15 heavy (non-hydrogen) atoms. The molecule has 11 heteroatoms. The van der Waals surface area contributed by atoms with Crippen molar-refractivity contribution < 1.29 is 33.8 Å². The quantitative estimate of drug-likeness (QED) is 0.192. The molecule has 7 N–H and O–H groups in total. The monoisotopic (exact) mass is 273 g/mol. The van der Waals surface area contributed by atoms with E-state index in [9.17, 15) is 9.13 Å². The van der Waals surface area contributed by atoms with Crippen molar-refractivity contribution in [2.45, 2.75) is 24.5 Å². The molecule has 0 aromatic carbocycles. The molecule has 0 heterocycles. The van der Waals surface area contributed by atoms with Gasteiger partial charge in [-0.15, -0.1) is 0 Å². The Hall–Kier alpha value is 1.22. The molecular formula is C4H14NNaO7P2. The van der Waals surface area contributed by atoms with E-state index in [-0.39, 0.29) is 36.0 Å². The Morgan fingerprint density at radius 2 is 1.33 bits per heavy atom. The average molecular weight is 273 g/mol. The Morgan fingerprint density at radius 3 is 1.53 bits per heavy atom. The van der Waals surface area contributed by atoms with E-state index in [1.54, 1.807) is 0 Å². The summed E-state index contributed by atoms with van der Waals surface area (Å²) in [5, 5.41) is 6.51.